The Kier molecular flexibility index (Phi) is 8.06. The van der Waals surface area contributed by atoms with Crippen LogP contribution in [-0.2, 0) is 25.7 Å². The van der Waals surface area contributed by atoms with E-state index in [0.717, 1.165) is 0 Å². The van der Waals surface area contributed by atoms with Gasteiger partial charge in [0.05, 0.1) is 32.1 Å². The number of rotatable bonds is 8. The number of hydrogen-bond donors (Lipinski definition) is 2. The van der Waals surface area contributed by atoms with Crippen LogP contribution in [0.15, 0.2) is 29.4 Å². The third-order valence-corrected chi connectivity index (χ3v) is 5.71. The number of halogens is 1. The molecule has 0 radical (unpaired) electrons. The van der Waals surface area contributed by atoms with Gasteiger partial charge in [-0.05, 0) is 30.7 Å². The van der Waals surface area contributed by atoms with Crippen molar-refractivity contribution >= 4 is 17.5 Å². The molecule has 1 aromatic heterocycles. The maximum Gasteiger partial charge on any atom is 0.270 e. The Hall–Kier alpha value is -3.64. The third-order valence-electron chi connectivity index (χ3n) is 5.71. The summed E-state index contributed by atoms with van der Waals surface area (Å²) in [6.45, 7) is 4.33. The molecule has 11 nitrogen and oxygen atoms in total. The topological polar surface area (TPSA) is 133 Å². The number of carbonyl (C=O) groups excluding carboxylic acids is 2. The quantitative estimate of drug-likeness (QED) is 0.553. The fourth-order valence-corrected chi connectivity index (χ4v) is 3.81. The van der Waals surface area contributed by atoms with Gasteiger partial charge < -0.3 is 29.7 Å². The number of ether oxygens (including phenoxy) is 3. The molecule has 2 aromatic rings. The van der Waals surface area contributed by atoms with Gasteiger partial charge >= 0.3 is 0 Å². The minimum absolute atomic E-state index is 0.103. The van der Waals surface area contributed by atoms with Crippen LogP contribution in [0.5, 0.6) is 5.75 Å². The Labute approximate surface area is 207 Å². The van der Waals surface area contributed by atoms with E-state index in [-0.39, 0.29) is 42.2 Å². The number of methoxy groups -OCH3 is 1. The molecule has 2 N–H and O–H groups in total. The van der Waals surface area contributed by atoms with Gasteiger partial charge in [-0.15, -0.1) is 0 Å². The van der Waals surface area contributed by atoms with Crippen LogP contribution in [0.4, 0.5) is 4.39 Å². The predicted molar refractivity (Wildman–Crippen MR) is 125 cm³/mol. The first-order chi connectivity index (χ1) is 17.3. The molecule has 12 heteroatoms. The molecule has 192 valence electrons. The van der Waals surface area contributed by atoms with Crippen LogP contribution in [0.1, 0.15) is 40.9 Å². The standard InChI is InChI=1S/C24H28FN5O6/c1-13-28-18(7-20(29-13)24(32)27-9-15-4-5-17(25)21(6-15)33-3)19-8-22(36-30-19)23-12-34-16(11-35-23)10-26-14(2)31/h4-7,16,22-23H,8-12H2,1-3H3,(H,26,31)(H,27,32). The lowest BCUT2D eigenvalue weighted by atomic mass is 10.0. The highest BCUT2D eigenvalue weighted by Crippen LogP contribution is 2.23. The fourth-order valence-electron chi connectivity index (χ4n) is 3.81. The molecule has 4 rings (SSSR count). The number of aryl methyl sites for hydroxylation is 1. The molecule has 36 heavy (non-hydrogen) atoms. The first kappa shape index (κ1) is 25.5. The molecule has 0 saturated carbocycles. The van der Waals surface area contributed by atoms with E-state index in [1.165, 1.54) is 26.2 Å². The summed E-state index contributed by atoms with van der Waals surface area (Å²) >= 11 is 0. The van der Waals surface area contributed by atoms with Crippen LogP contribution < -0.4 is 15.4 Å². The van der Waals surface area contributed by atoms with Crippen LogP contribution in [-0.4, -0.2) is 72.7 Å². The van der Waals surface area contributed by atoms with Crippen molar-refractivity contribution in [1.82, 2.24) is 20.6 Å². The van der Waals surface area contributed by atoms with E-state index in [1.807, 2.05) is 0 Å². The number of carbonyl (C=O) groups is 2. The van der Waals surface area contributed by atoms with Crippen molar-refractivity contribution in [1.29, 1.82) is 0 Å². The molecule has 2 aliphatic rings. The summed E-state index contributed by atoms with van der Waals surface area (Å²) < 4.78 is 30.2. The number of nitrogens with one attached hydrogen (secondary N) is 2. The molecule has 0 aliphatic carbocycles. The van der Waals surface area contributed by atoms with Crippen LogP contribution >= 0.6 is 0 Å². The third kappa shape index (κ3) is 6.32. The maximum absolute atomic E-state index is 13.6. The van der Waals surface area contributed by atoms with Crippen LogP contribution in [0.2, 0.25) is 0 Å². The molecule has 0 spiro atoms. The smallest absolute Gasteiger partial charge is 0.270 e. The first-order valence-corrected chi connectivity index (χ1v) is 11.5. The molecule has 1 aromatic carbocycles. The van der Waals surface area contributed by atoms with E-state index < -0.39 is 11.7 Å². The summed E-state index contributed by atoms with van der Waals surface area (Å²) in [4.78, 5) is 38.0. The second kappa shape index (κ2) is 11.4. The molecule has 2 aliphatic heterocycles. The number of benzene rings is 1. The zero-order valence-corrected chi connectivity index (χ0v) is 20.2. The Morgan fingerprint density at radius 2 is 1.97 bits per heavy atom. The molecule has 2 amide bonds. The monoisotopic (exact) mass is 501 g/mol. The largest absolute Gasteiger partial charge is 0.494 e. The molecule has 3 heterocycles. The highest BCUT2D eigenvalue weighted by atomic mass is 19.1. The molecule has 1 fully saturated rings. The summed E-state index contributed by atoms with van der Waals surface area (Å²) in [7, 11) is 1.38. The van der Waals surface area contributed by atoms with Crippen molar-refractivity contribution in [2.24, 2.45) is 5.16 Å². The van der Waals surface area contributed by atoms with Gasteiger partial charge in [0.1, 0.15) is 23.3 Å². The predicted octanol–water partition coefficient (Wildman–Crippen LogP) is 1.28. The average Bonchev–Trinajstić information content (AvgIpc) is 3.37. The normalized spacial score (nSPS) is 21.3. The summed E-state index contributed by atoms with van der Waals surface area (Å²) in [5.41, 5.74) is 1.92. The summed E-state index contributed by atoms with van der Waals surface area (Å²) in [5, 5.41) is 9.64. The van der Waals surface area contributed by atoms with Crippen LogP contribution in [0, 0.1) is 12.7 Å². The Morgan fingerprint density at radius 3 is 2.69 bits per heavy atom. The first-order valence-electron chi connectivity index (χ1n) is 11.5. The molecule has 3 unspecified atom stereocenters. The maximum atomic E-state index is 13.6. The SMILES string of the molecule is COc1cc(CNC(=O)c2cc(C3=NOC(C4COC(CNC(C)=O)CO4)C3)nc(C)n2)ccc1F. The van der Waals surface area contributed by atoms with Crippen LogP contribution in [0.25, 0.3) is 0 Å². The van der Waals surface area contributed by atoms with E-state index in [0.29, 0.717) is 49.0 Å². The van der Waals surface area contributed by atoms with Crippen molar-refractivity contribution in [3.05, 3.63) is 52.9 Å². The Morgan fingerprint density at radius 1 is 1.14 bits per heavy atom. The van der Waals surface area contributed by atoms with Gasteiger partial charge in [-0.1, -0.05) is 11.2 Å². The lowest BCUT2D eigenvalue weighted by molar-refractivity contribution is -0.170. The molecule has 0 bridgehead atoms. The Bertz CT molecular complexity index is 1150. The Balaban J connectivity index is 1.34. The zero-order chi connectivity index (χ0) is 25.7. The molecule has 3 atom stereocenters. The van der Waals surface area contributed by atoms with Gasteiger partial charge in [-0.3, -0.25) is 9.59 Å². The molecular weight excluding hydrogens is 473 g/mol. The number of aromatic nitrogens is 2. The van der Waals surface area contributed by atoms with Crippen molar-refractivity contribution < 1.29 is 33.0 Å². The number of nitrogens with zero attached hydrogens (tertiary/aromatic N) is 3. The van der Waals surface area contributed by atoms with E-state index >= 15 is 0 Å². The lowest BCUT2D eigenvalue weighted by Crippen LogP contribution is -2.46. The van der Waals surface area contributed by atoms with E-state index in [4.69, 9.17) is 19.0 Å². The van der Waals surface area contributed by atoms with Crippen molar-refractivity contribution in [2.45, 2.75) is 45.1 Å². The number of oxime groups is 1. The summed E-state index contributed by atoms with van der Waals surface area (Å²) in [6, 6.07) is 5.93. The van der Waals surface area contributed by atoms with Crippen molar-refractivity contribution in [2.75, 3.05) is 26.9 Å². The van der Waals surface area contributed by atoms with E-state index in [2.05, 4.69) is 25.8 Å². The van der Waals surface area contributed by atoms with Crippen molar-refractivity contribution in [3.63, 3.8) is 0 Å². The summed E-state index contributed by atoms with van der Waals surface area (Å²) in [6.07, 6.45) is -0.466. The number of hydrogen-bond acceptors (Lipinski definition) is 9. The van der Waals surface area contributed by atoms with Gasteiger partial charge in [0.15, 0.2) is 17.7 Å². The fraction of sp³-hybridized carbons (Fsp3) is 0.458. The second-order valence-corrected chi connectivity index (χ2v) is 8.49. The van der Waals surface area contributed by atoms with Gasteiger partial charge in [0.2, 0.25) is 5.91 Å². The van der Waals surface area contributed by atoms with E-state index in [1.54, 1.807) is 19.1 Å². The summed E-state index contributed by atoms with van der Waals surface area (Å²) in [5.74, 6) is -0.495. The van der Waals surface area contributed by atoms with Crippen LogP contribution in [0.3, 0.4) is 0 Å². The minimum Gasteiger partial charge on any atom is -0.494 e. The minimum atomic E-state index is -0.475. The van der Waals surface area contributed by atoms with Gasteiger partial charge in [-0.25, -0.2) is 14.4 Å². The van der Waals surface area contributed by atoms with Gasteiger partial charge in [-0.2, -0.15) is 0 Å². The zero-order valence-electron chi connectivity index (χ0n) is 20.2. The highest BCUT2D eigenvalue weighted by Gasteiger charge is 2.35. The molecular formula is C24H28FN5O6. The van der Waals surface area contributed by atoms with Crippen molar-refractivity contribution in [3.8, 4) is 5.75 Å². The van der Waals surface area contributed by atoms with E-state index in [9.17, 15) is 14.0 Å². The second-order valence-electron chi connectivity index (χ2n) is 8.49. The lowest BCUT2D eigenvalue weighted by Gasteiger charge is -2.31. The number of amides is 2. The highest BCUT2D eigenvalue weighted by molar-refractivity contribution is 6.02. The molecule has 1 saturated heterocycles. The average molecular weight is 502 g/mol. The van der Waals surface area contributed by atoms with Gasteiger partial charge in [0, 0.05) is 26.4 Å². The van der Waals surface area contributed by atoms with Gasteiger partial charge in [0.25, 0.3) is 5.91 Å².